The molecule has 0 rings (SSSR count). The van der Waals surface area contributed by atoms with E-state index < -0.39 is 5.41 Å². The first-order chi connectivity index (χ1) is 6.36. The largest absolute Gasteiger partial charge is 0.377 e. The van der Waals surface area contributed by atoms with Crippen LogP contribution in [0.25, 0.3) is 0 Å². The Morgan fingerprint density at radius 3 is 2.50 bits per heavy atom. The third-order valence-corrected chi connectivity index (χ3v) is 1.96. The first kappa shape index (κ1) is 13.4. The minimum atomic E-state index is -0.488. The number of rotatable bonds is 7. The molecule has 14 heavy (non-hydrogen) atoms. The van der Waals surface area contributed by atoms with Gasteiger partial charge >= 0.3 is 0 Å². The van der Waals surface area contributed by atoms with Crippen LogP contribution in [-0.4, -0.2) is 31.7 Å². The first-order valence-electron chi connectivity index (χ1n) is 4.98. The normalized spacial score (nSPS) is 12.1. The molecule has 0 aromatic rings. The van der Waals surface area contributed by atoms with E-state index in [0.29, 0.717) is 13.2 Å². The Kier molecular flexibility index (Phi) is 5.72. The maximum Gasteiger partial charge on any atom is 0.224 e. The van der Waals surface area contributed by atoms with Crippen LogP contribution < -0.4 is 11.1 Å². The number of carbonyl (C=O) groups is 1. The van der Waals surface area contributed by atoms with E-state index in [4.69, 9.17) is 10.5 Å². The van der Waals surface area contributed by atoms with Crippen molar-refractivity contribution in [3.05, 3.63) is 0 Å². The van der Waals surface area contributed by atoms with Crippen LogP contribution in [0, 0.1) is 5.41 Å². The maximum atomic E-state index is 10.9. The molecule has 3 N–H and O–H groups in total. The van der Waals surface area contributed by atoms with Gasteiger partial charge in [0.05, 0.1) is 18.1 Å². The molecule has 4 heteroatoms. The number of nitrogens with two attached hydrogens (primary N) is 1. The van der Waals surface area contributed by atoms with Crippen LogP contribution in [-0.2, 0) is 9.53 Å². The maximum absolute atomic E-state index is 10.9. The van der Waals surface area contributed by atoms with Crippen molar-refractivity contribution in [2.45, 2.75) is 33.8 Å². The zero-order valence-electron chi connectivity index (χ0n) is 9.59. The zero-order valence-corrected chi connectivity index (χ0v) is 9.59. The van der Waals surface area contributed by atoms with Gasteiger partial charge < -0.3 is 15.8 Å². The lowest BCUT2D eigenvalue weighted by Crippen LogP contribution is -2.41. The molecule has 0 saturated carbocycles. The molecule has 4 nitrogen and oxygen atoms in total. The summed E-state index contributed by atoms with van der Waals surface area (Å²) in [5, 5.41) is 3.14. The molecule has 84 valence electrons. The Morgan fingerprint density at radius 2 is 2.07 bits per heavy atom. The third kappa shape index (κ3) is 5.94. The van der Waals surface area contributed by atoms with Crippen molar-refractivity contribution in [3.8, 4) is 0 Å². The summed E-state index contributed by atoms with van der Waals surface area (Å²) in [7, 11) is 0. The van der Waals surface area contributed by atoms with E-state index in [0.717, 1.165) is 6.54 Å². The molecule has 0 aliphatic heterocycles. The predicted molar refractivity (Wildman–Crippen MR) is 56.9 cm³/mol. The summed E-state index contributed by atoms with van der Waals surface area (Å²) >= 11 is 0. The molecule has 0 bridgehead atoms. The number of ether oxygens (including phenoxy) is 1. The van der Waals surface area contributed by atoms with Crippen molar-refractivity contribution < 1.29 is 9.53 Å². The highest BCUT2D eigenvalue weighted by Crippen LogP contribution is 2.11. The number of amides is 1. The monoisotopic (exact) mass is 202 g/mol. The van der Waals surface area contributed by atoms with Crippen LogP contribution in [0.3, 0.4) is 0 Å². The lowest BCUT2D eigenvalue weighted by molar-refractivity contribution is -0.125. The highest BCUT2D eigenvalue weighted by molar-refractivity contribution is 5.80. The second-order valence-corrected chi connectivity index (χ2v) is 4.34. The summed E-state index contributed by atoms with van der Waals surface area (Å²) in [6.07, 6.45) is 0.251. The summed E-state index contributed by atoms with van der Waals surface area (Å²) in [6.45, 7) is 9.63. The number of carbonyl (C=O) groups excluding carboxylic acids is 1. The van der Waals surface area contributed by atoms with Gasteiger partial charge in [-0.3, -0.25) is 4.79 Å². The van der Waals surface area contributed by atoms with Gasteiger partial charge in [-0.05, 0) is 27.7 Å². The number of nitrogens with one attached hydrogen (secondary N) is 1. The summed E-state index contributed by atoms with van der Waals surface area (Å²) in [5.74, 6) is -0.283. The van der Waals surface area contributed by atoms with Crippen molar-refractivity contribution >= 4 is 5.91 Å². The van der Waals surface area contributed by atoms with Gasteiger partial charge in [-0.15, -0.1) is 0 Å². The fourth-order valence-corrected chi connectivity index (χ4v) is 0.855. The summed E-state index contributed by atoms with van der Waals surface area (Å²) < 4.78 is 5.34. The van der Waals surface area contributed by atoms with Crippen LogP contribution in [0.4, 0.5) is 0 Å². The lowest BCUT2D eigenvalue weighted by Gasteiger charge is -2.20. The van der Waals surface area contributed by atoms with Gasteiger partial charge in [0.1, 0.15) is 0 Å². The van der Waals surface area contributed by atoms with E-state index >= 15 is 0 Å². The Labute approximate surface area is 86.2 Å². The molecule has 0 fully saturated rings. The first-order valence-corrected chi connectivity index (χ1v) is 4.98. The molecule has 0 spiro atoms. The molecule has 0 aromatic carbocycles. The Morgan fingerprint density at radius 1 is 1.50 bits per heavy atom. The topological polar surface area (TPSA) is 64.3 Å². The smallest absolute Gasteiger partial charge is 0.224 e. The number of hydrogen-bond donors (Lipinski definition) is 2. The van der Waals surface area contributed by atoms with E-state index in [9.17, 15) is 4.79 Å². The Bertz CT molecular complexity index is 179. The van der Waals surface area contributed by atoms with E-state index in [1.54, 1.807) is 0 Å². The number of primary amides is 1. The molecule has 0 heterocycles. The van der Waals surface area contributed by atoms with Crippen LogP contribution in [0.2, 0.25) is 0 Å². The molecule has 0 unspecified atom stereocenters. The van der Waals surface area contributed by atoms with Gasteiger partial charge in [-0.2, -0.15) is 0 Å². The summed E-state index contributed by atoms with van der Waals surface area (Å²) in [4.78, 5) is 10.9. The van der Waals surface area contributed by atoms with Gasteiger partial charge in [0.2, 0.25) is 5.91 Å². The fraction of sp³-hybridized carbons (Fsp3) is 0.900. The van der Waals surface area contributed by atoms with E-state index in [-0.39, 0.29) is 12.0 Å². The van der Waals surface area contributed by atoms with Crippen molar-refractivity contribution in [3.63, 3.8) is 0 Å². The van der Waals surface area contributed by atoms with Crippen LogP contribution >= 0.6 is 0 Å². The lowest BCUT2D eigenvalue weighted by atomic mass is 9.93. The standard InChI is InChI=1S/C10H22N2O2/c1-8(2)14-6-5-12-7-10(3,4)9(11)13/h8,12H,5-7H2,1-4H3,(H2,11,13). The van der Waals surface area contributed by atoms with Crippen LogP contribution in [0.15, 0.2) is 0 Å². The summed E-state index contributed by atoms with van der Waals surface area (Å²) in [6, 6.07) is 0. The van der Waals surface area contributed by atoms with E-state index in [1.165, 1.54) is 0 Å². The van der Waals surface area contributed by atoms with Crippen molar-refractivity contribution in [2.75, 3.05) is 19.7 Å². The zero-order chi connectivity index (χ0) is 11.2. The Balaban J connectivity index is 3.49. The molecule has 0 radical (unpaired) electrons. The van der Waals surface area contributed by atoms with Crippen molar-refractivity contribution in [1.29, 1.82) is 0 Å². The molecule has 0 aliphatic carbocycles. The molecule has 0 aromatic heterocycles. The van der Waals surface area contributed by atoms with Crippen molar-refractivity contribution in [2.24, 2.45) is 11.1 Å². The number of hydrogen-bond acceptors (Lipinski definition) is 3. The van der Waals surface area contributed by atoms with Gasteiger partial charge in [0.15, 0.2) is 0 Å². The SMILES string of the molecule is CC(C)OCCNCC(C)(C)C(N)=O. The highest BCUT2D eigenvalue weighted by atomic mass is 16.5. The van der Waals surface area contributed by atoms with Crippen LogP contribution in [0.5, 0.6) is 0 Å². The molecule has 0 aliphatic rings. The van der Waals surface area contributed by atoms with Crippen LogP contribution in [0.1, 0.15) is 27.7 Å². The fourth-order valence-electron chi connectivity index (χ4n) is 0.855. The molecular weight excluding hydrogens is 180 g/mol. The second kappa shape index (κ2) is 5.98. The van der Waals surface area contributed by atoms with Gasteiger partial charge in [-0.1, -0.05) is 0 Å². The van der Waals surface area contributed by atoms with E-state index in [1.807, 2.05) is 27.7 Å². The van der Waals surface area contributed by atoms with Crippen molar-refractivity contribution in [1.82, 2.24) is 5.32 Å². The van der Waals surface area contributed by atoms with Gasteiger partial charge in [-0.25, -0.2) is 0 Å². The molecular formula is C10H22N2O2. The molecule has 0 saturated heterocycles. The molecule has 0 atom stereocenters. The van der Waals surface area contributed by atoms with Gasteiger partial charge in [0.25, 0.3) is 0 Å². The van der Waals surface area contributed by atoms with Gasteiger partial charge in [0, 0.05) is 13.1 Å². The second-order valence-electron chi connectivity index (χ2n) is 4.34. The molecule has 1 amide bonds. The average Bonchev–Trinajstić information content (AvgIpc) is 2.02. The summed E-state index contributed by atoms with van der Waals surface area (Å²) in [5.41, 5.74) is 4.73. The minimum absolute atomic E-state index is 0.251. The highest BCUT2D eigenvalue weighted by Gasteiger charge is 2.23. The average molecular weight is 202 g/mol. The third-order valence-electron chi connectivity index (χ3n) is 1.96. The quantitative estimate of drug-likeness (QED) is 0.591. The van der Waals surface area contributed by atoms with E-state index in [2.05, 4.69) is 5.32 Å². The minimum Gasteiger partial charge on any atom is -0.377 e. The predicted octanol–water partition coefficient (Wildman–Crippen LogP) is 0.513. The Hall–Kier alpha value is -0.610.